The number of rotatable bonds is 6. The summed E-state index contributed by atoms with van der Waals surface area (Å²) in [5.41, 5.74) is 2.15. The fraction of sp³-hybridized carbons (Fsp3) is 0.417. The second kappa shape index (κ2) is 9.85. The van der Waals surface area contributed by atoms with Crippen LogP contribution in [0.2, 0.25) is 0 Å². The standard InChI is InChI=1S/C24H30FN3O2/c1-17-13-19(9-10-22(17)25)20-14-21(23(29)26-11-12-27(2)3)16-28(15-20)24(30)18-7-5-4-6-8-18/h4-10,13,20-21H,11-12,14-16H2,1-3H3,(H,26,29)/t20-,21+/m1/s1. The molecule has 0 saturated carbocycles. The molecular formula is C24H30FN3O2. The minimum absolute atomic E-state index is 0.0182. The molecule has 0 unspecified atom stereocenters. The van der Waals surface area contributed by atoms with E-state index in [0.717, 1.165) is 12.1 Å². The van der Waals surface area contributed by atoms with E-state index in [1.165, 1.54) is 6.07 Å². The summed E-state index contributed by atoms with van der Waals surface area (Å²) in [5.74, 6) is -0.680. The highest BCUT2D eigenvalue weighted by Crippen LogP contribution is 2.32. The van der Waals surface area contributed by atoms with E-state index in [2.05, 4.69) is 5.32 Å². The molecule has 160 valence electrons. The minimum Gasteiger partial charge on any atom is -0.355 e. The molecule has 1 saturated heterocycles. The first-order chi connectivity index (χ1) is 14.3. The third kappa shape index (κ3) is 5.45. The van der Waals surface area contributed by atoms with Crippen LogP contribution >= 0.6 is 0 Å². The summed E-state index contributed by atoms with van der Waals surface area (Å²) in [4.78, 5) is 29.7. The van der Waals surface area contributed by atoms with Gasteiger partial charge in [-0.15, -0.1) is 0 Å². The SMILES string of the molecule is Cc1cc([C@@H]2C[C@H](C(=O)NCCN(C)C)CN(C(=O)c3ccccc3)C2)ccc1F. The van der Waals surface area contributed by atoms with Crippen molar-refractivity contribution in [2.24, 2.45) is 5.92 Å². The molecule has 0 aromatic heterocycles. The molecular weight excluding hydrogens is 381 g/mol. The summed E-state index contributed by atoms with van der Waals surface area (Å²) in [7, 11) is 3.92. The number of hydrogen-bond acceptors (Lipinski definition) is 3. The summed E-state index contributed by atoms with van der Waals surface area (Å²) in [5, 5.41) is 3.00. The Kier molecular flexibility index (Phi) is 7.21. The number of hydrogen-bond donors (Lipinski definition) is 1. The number of likely N-dealkylation sites (tertiary alicyclic amines) is 1. The number of piperidine rings is 1. The lowest BCUT2D eigenvalue weighted by atomic mass is 9.83. The van der Waals surface area contributed by atoms with Gasteiger partial charge in [0.15, 0.2) is 0 Å². The van der Waals surface area contributed by atoms with Gasteiger partial charge in [-0.05, 0) is 56.8 Å². The first kappa shape index (κ1) is 22.0. The van der Waals surface area contributed by atoms with Crippen molar-refractivity contribution < 1.29 is 14.0 Å². The lowest BCUT2D eigenvalue weighted by Gasteiger charge is -2.37. The molecule has 1 heterocycles. The number of nitrogens with one attached hydrogen (secondary N) is 1. The summed E-state index contributed by atoms with van der Waals surface area (Å²) >= 11 is 0. The van der Waals surface area contributed by atoms with Crippen LogP contribution in [0.3, 0.4) is 0 Å². The van der Waals surface area contributed by atoms with Gasteiger partial charge in [-0.1, -0.05) is 30.3 Å². The highest BCUT2D eigenvalue weighted by Gasteiger charge is 2.35. The Morgan fingerprint density at radius 2 is 1.87 bits per heavy atom. The average molecular weight is 412 g/mol. The van der Waals surface area contributed by atoms with Gasteiger partial charge in [-0.2, -0.15) is 0 Å². The summed E-state index contributed by atoms with van der Waals surface area (Å²) in [6.45, 7) is 3.96. The van der Waals surface area contributed by atoms with Crippen LogP contribution in [-0.4, -0.2) is 61.9 Å². The van der Waals surface area contributed by atoms with Gasteiger partial charge in [0, 0.05) is 37.7 Å². The Labute approximate surface area is 177 Å². The van der Waals surface area contributed by atoms with Gasteiger partial charge in [0.05, 0.1) is 5.92 Å². The van der Waals surface area contributed by atoms with Crippen LogP contribution in [-0.2, 0) is 4.79 Å². The van der Waals surface area contributed by atoms with E-state index in [0.29, 0.717) is 37.2 Å². The maximum atomic E-state index is 13.8. The summed E-state index contributed by atoms with van der Waals surface area (Å²) in [6, 6.07) is 14.2. The van der Waals surface area contributed by atoms with Crippen LogP contribution in [0.4, 0.5) is 4.39 Å². The Balaban J connectivity index is 1.81. The quantitative estimate of drug-likeness (QED) is 0.795. The molecule has 5 nitrogen and oxygen atoms in total. The van der Waals surface area contributed by atoms with Crippen LogP contribution in [0.25, 0.3) is 0 Å². The molecule has 3 rings (SSSR count). The molecule has 1 aliphatic heterocycles. The fourth-order valence-electron chi connectivity index (χ4n) is 3.93. The van der Waals surface area contributed by atoms with E-state index in [1.807, 2.05) is 43.3 Å². The normalized spacial score (nSPS) is 19.0. The first-order valence-electron chi connectivity index (χ1n) is 10.4. The van der Waals surface area contributed by atoms with Crippen molar-refractivity contribution in [3.8, 4) is 0 Å². The number of nitrogens with zero attached hydrogens (tertiary/aromatic N) is 2. The van der Waals surface area contributed by atoms with E-state index in [1.54, 1.807) is 30.0 Å². The number of benzene rings is 2. The van der Waals surface area contributed by atoms with Gasteiger partial charge in [-0.25, -0.2) is 4.39 Å². The molecule has 0 radical (unpaired) electrons. The van der Waals surface area contributed by atoms with Gasteiger partial charge in [0.25, 0.3) is 5.91 Å². The molecule has 0 spiro atoms. The predicted molar refractivity (Wildman–Crippen MR) is 116 cm³/mol. The second-order valence-electron chi connectivity index (χ2n) is 8.31. The highest BCUT2D eigenvalue weighted by atomic mass is 19.1. The third-order valence-corrected chi connectivity index (χ3v) is 5.64. The topological polar surface area (TPSA) is 52.7 Å². The molecule has 0 bridgehead atoms. The van der Waals surface area contributed by atoms with Crippen molar-refractivity contribution >= 4 is 11.8 Å². The van der Waals surface area contributed by atoms with Crippen LogP contribution in [0, 0.1) is 18.7 Å². The second-order valence-corrected chi connectivity index (χ2v) is 8.31. The van der Waals surface area contributed by atoms with Crippen LogP contribution in [0.5, 0.6) is 0 Å². The molecule has 1 aliphatic rings. The number of carbonyl (C=O) groups excluding carboxylic acids is 2. The maximum absolute atomic E-state index is 13.8. The molecule has 2 aromatic rings. The predicted octanol–water partition coefficient (Wildman–Crippen LogP) is 3.06. The van der Waals surface area contributed by atoms with Crippen molar-refractivity contribution in [2.75, 3.05) is 40.3 Å². The Bertz CT molecular complexity index is 885. The molecule has 0 aliphatic carbocycles. The Hall–Kier alpha value is -2.73. The highest BCUT2D eigenvalue weighted by molar-refractivity contribution is 5.94. The monoisotopic (exact) mass is 411 g/mol. The minimum atomic E-state index is -0.302. The zero-order valence-electron chi connectivity index (χ0n) is 17.9. The summed E-state index contributed by atoms with van der Waals surface area (Å²) in [6.07, 6.45) is 0.636. The number of likely N-dealkylation sites (N-methyl/N-ethyl adjacent to an activating group) is 1. The van der Waals surface area contributed by atoms with Crippen LogP contribution < -0.4 is 5.32 Å². The van der Waals surface area contributed by atoms with E-state index >= 15 is 0 Å². The third-order valence-electron chi connectivity index (χ3n) is 5.64. The number of aryl methyl sites for hydroxylation is 1. The molecule has 2 amide bonds. The van der Waals surface area contributed by atoms with E-state index < -0.39 is 0 Å². The first-order valence-corrected chi connectivity index (χ1v) is 10.4. The summed E-state index contributed by atoms with van der Waals surface area (Å²) < 4.78 is 13.8. The average Bonchev–Trinajstić information content (AvgIpc) is 2.75. The van der Waals surface area contributed by atoms with E-state index in [9.17, 15) is 14.0 Å². The van der Waals surface area contributed by atoms with Gasteiger partial charge < -0.3 is 15.1 Å². The fourth-order valence-corrected chi connectivity index (χ4v) is 3.93. The smallest absolute Gasteiger partial charge is 0.253 e. The largest absolute Gasteiger partial charge is 0.355 e. The van der Waals surface area contributed by atoms with Crippen molar-refractivity contribution in [1.82, 2.24) is 15.1 Å². The molecule has 1 fully saturated rings. The van der Waals surface area contributed by atoms with Gasteiger partial charge >= 0.3 is 0 Å². The van der Waals surface area contributed by atoms with Crippen LogP contribution in [0.1, 0.15) is 33.8 Å². The van der Waals surface area contributed by atoms with Crippen molar-refractivity contribution in [3.05, 3.63) is 71.0 Å². The lowest BCUT2D eigenvalue weighted by molar-refractivity contribution is -0.126. The number of halogens is 1. The zero-order valence-corrected chi connectivity index (χ0v) is 17.9. The maximum Gasteiger partial charge on any atom is 0.253 e. The van der Waals surface area contributed by atoms with Gasteiger partial charge in [-0.3, -0.25) is 9.59 Å². The molecule has 1 N–H and O–H groups in total. The molecule has 2 aromatic carbocycles. The molecule has 30 heavy (non-hydrogen) atoms. The number of carbonyl (C=O) groups is 2. The van der Waals surface area contributed by atoms with Gasteiger partial charge in [0.1, 0.15) is 5.82 Å². The number of amides is 2. The zero-order chi connectivity index (χ0) is 21.7. The Morgan fingerprint density at radius 3 is 2.53 bits per heavy atom. The molecule has 6 heteroatoms. The van der Waals surface area contributed by atoms with Crippen molar-refractivity contribution in [3.63, 3.8) is 0 Å². The van der Waals surface area contributed by atoms with Gasteiger partial charge in [0.2, 0.25) is 5.91 Å². The van der Waals surface area contributed by atoms with Crippen molar-refractivity contribution in [2.45, 2.75) is 19.3 Å². The lowest BCUT2D eigenvalue weighted by Crippen LogP contribution is -2.48. The van der Waals surface area contributed by atoms with E-state index in [4.69, 9.17) is 0 Å². The van der Waals surface area contributed by atoms with Crippen LogP contribution in [0.15, 0.2) is 48.5 Å². The molecule has 2 atom stereocenters. The van der Waals surface area contributed by atoms with Crippen molar-refractivity contribution in [1.29, 1.82) is 0 Å². The Morgan fingerprint density at radius 1 is 1.13 bits per heavy atom. The van der Waals surface area contributed by atoms with E-state index in [-0.39, 0.29) is 29.5 Å².